The van der Waals surface area contributed by atoms with Gasteiger partial charge in [0.05, 0.1) is 5.56 Å². The van der Waals surface area contributed by atoms with Gasteiger partial charge in [0.1, 0.15) is 16.7 Å². The van der Waals surface area contributed by atoms with Crippen molar-refractivity contribution < 1.29 is 27.8 Å². The molecule has 2 N–H and O–H groups in total. The molecule has 0 amide bonds. The Kier molecular flexibility index (Phi) is 4.35. The molecule has 0 aliphatic heterocycles. The van der Waals surface area contributed by atoms with E-state index >= 15 is 0 Å². The second-order valence-corrected chi connectivity index (χ2v) is 7.43. The van der Waals surface area contributed by atoms with Crippen molar-refractivity contribution in [3.05, 3.63) is 80.3 Å². The molecule has 4 rings (SSSR count). The van der Waals surface area contributed by atoms with Gasteiger partial charge in [-0.3, -0.25) is 0 Å². The number of nitriles is 1. The normalized spacial score (nSPS) is 15.7. The van der Waals surface area contributed by atoms with Crippen LogP contribution >= 0.6 is 11.3 Å². The second kappa shape index (κ2) is 6.64. The molecule has 146 valence electrons. The molecule has 0 radical (unpaired) electrons. The van der Waals surface area contributed by atoms with Crippen LogP contribution < -0.4 is 0 Å². The lowest BCUT2D eigenvalue weighted by molar-refractivity contribution is -0.137. The summed E-state index contributed by atoms with van der Waals surface area (Å²) in [7, 11) is 0. The number of allylic oxidation sites excluding steroid dienone is 1. The van der Waals surface area contributed by atoms with Gasteiger partial charge in [-0.2, -0.15) is 18.4 Å². The fourth-order valence-corrected chi connectivity index (χ4v) is 4.33. The topological polar surface area (TPSA) is 64.2 Å². The summed E-state index contributed by atoms with van der Waals surface area (Å²) in [5.41, 5.74) is 0.0962. The van der Waals surface area contributed by atoms with Crippen LogP contribution in [-0.2, 0) is 6.18 Å². The van der Waals surface area contributed by atoms with Crippen LogP contribution in [0.15, 0.2) is 41.8 Å². The highest BCUT2D eigenvalue weighted by atomic mass is 32.1. The largest absolute Gasteiger partial charge is 0.508 e. The molecule has 1 atom stereocenters. The summed E-state index contributed by atoms with van der Waals surface area (Å²) in [5, 5.41) is 30.5. The maximum Gasteiger partial charge on any atom is 0.417 e. The van der Waals surface area contributed by atoms with Crippen LogP contribution in [0.4, 0.5) is 17.6 Å². The average molecular weight is 417 g/mol. The van der Waals surface area contributed by atoms with E-state index < -0.39 is 35.0 Å². The molecule has 8 heteroatoms. The first-order valence-corrected chi connectivity index (χ1v) is 9.20. The summed E-state index contributed by atoms with van der Waals surface area (Å²) in [5.74, 6) is -2.85. The van der Waals surface area contributed by atoms with Gasteiger partial charge in [-0.25, -0.2) is 4.39 Å². The Labute approximate surface area is 166 Å². The minimum absolute atomic E-state index is 0.140. The molecule has 0 spiro atoms. The molecule has 3 nitrogen and oxygen atoms in total. The molecule has 0 bridgehead atoms. The molecule has 3 aromatic rings. The number of benzene rings is 2. The SMILES string of the molecule is N#Cc1sccc1C1C(c2ccc(O)c(F)c2)=Cc2c1cc(O)cc2C(F)(F)F. The van der Waals surface area contributed by atoms with E-state index in [1.165, 1.54) is 18.2 Å². The van der Waals surface area contributed by atoms with Crippen molar-refractivity contribution in [2.45, 2.75) is 12.1 Å². The van der Waals surface area contributed by atoms with Crippen molar-refractivity contribution in [1.29, 1.82) is 5.26 Å². The van der Waals surface area contributed by atoms with Crippen molar-refractivity contribution in [1.82, 2.24) is 0 Å². The molecule has 1 aliphatic carbocycles. The van der Waals surface area contributed by atoms with Crippen LogP contribution in [0.25, 0.3) is 11.6 Å². The molecule has 0 saturated carbocycles. The number of fused-ring (bicyclic) bond motifs is 1. The van der Waals surface area contributed by atoms with E-state index in [4.69, 9.17) is 0 Å². The summed E-state index contributed by atoms with van der Waals surface area (Å²) < 4.78 is 54.8. The van der Waals surface area contributed by atoms with Gasteiger partial charge in [0.25, 0.3) is 0 Å². The fraction of sp³-hybridized carbons (Fsp3) is 0.0952. The van der Waals surface area contributed by atoms with Gasteiger partial charge in [0.2, 0.25) is 0 Å². The number of rotatable bonds is 2. The average Bonchev–Trinajstić information content (AvgIpc) is 3.26. The maximum atomic E-state index is 14.0. The van der Waals surface area contributed by atoms with E-state index in [2.05, 4.69) is 0 Å². The van der Waals surface area contributed by atoms with Gasteiger partial charge in [0, 0.05) is 5.92 Å². The van der Waals surface area contributed by atoms with E-state index in [-0.39, 0.29) is 16.7 Å². The molecule has 1 aliphatic rings. The van der Waals surface area contributed by atoms with Gasteiger partial charge >= 0.3 is 6.18 Å². The van der Waals surface area contributed by atoms with Gasteiger partial charge in [-0.05, 0) is 69.6 Å². The highest BCUT2D eigenvalue weighted by molar-refractivity contribution is 7.10. The number of alkyl halides is 3. The summed E-state index contributed by atoms with van der Waals surface area (Å²) in [6, 6.07) is 9.08. The van der Waals surface area contributed by atoms with E-state index in [9.17, 15) is 33.0 Å². The number of nitrogens with zero attached hydrogens (tertiary/aromatic N) is 1. The lowest BCUT2D eigenvalue weighted by Crippen LogP contribution is -2.09. The van der Waals surface area contributed by atoms with Crippen LogP contribution in [-0.4, -0.2) is 10.2 Å². The van der Waals surface area contributed by atoms with Crippen molar-refractivity contribution in [3.63, 3.8) is 0 Å². The lowest BCUT2D eigenvalue weighted by atomic mass is 9.85. The highest BCUT2D eigenvalue weighted by Gasteiger charge is 2.40. The number of phenols is 2. The predicted molar refractivity (Wildman–Crippen MR) is 99.9 cm³/mol. The third-order valence-electron chi connectivity index (χ3n) is 4.81. The van der Waals surface area contributed by atoms with E-state index in [0.717, 1.165) is 23.5 Å². The zero-order chi connectivity index (χ0) is 20.9. The minimum atomic E-state index is -4.72. The number of thiophene rings is 1. The molecule has 0 fully saturated rings. The van der Waals surface area contributed by atoms with Gasteiger partial charge < -0.3 is 10.2 Å². The number of phenolic OH excluding ortho intramolecular Hbond substituents is 2. The smallest absolute Gasteiger partial charge is 0.417 e. The van der Waals surface area contributed by atoms with Crippen molar-refractivity contribution in [2.24, 2.45) is 0 Å². The summed E-state index contributed by atoms with van der Waals surface area (Å²) in [6.07, 6.45) is -3.42. The minimum Gasteiger partial charge on any atom is -0.508 e. The van der Waals surface area contributed by atoms with Crippen molar-refractivity contribution in [3.8, 4) is 17.6 Å². The zero-order valence-electron chi connectivity index (χ0n) is 14.5. The highest BCUT2D eigenvalue weighted by Crippen LogP contribution is 2.51. The standard InChI is InChI=1S/C21H11F4NO2S/c22-17-5-10(1-2-18(17)28)13-8-14-15(6-11(27)7-16(14)21(23,24)25)20(13)12-3-4-29-19(12)9-26/h1-8,20,27-28H. The Morgan fingerprint density at radius 1 is 1.03 bits per heavy atom. The van der Waals surface area contributed by atoms with Crippen LogP contribution in [0.3, 0.4) is 0 Å². The van der Waals surface area contributed by atoms with E-state index in [0.29, 0.717) is 22.1 Å². The number of aromatic hydroxyl groups is 2. The fourth-order valence-electron chi connectivity index (χ4n) is 3.61. The van der Waals surface area contributed by atoms with Crippen LogP contribution in [0.1, 0.15) is 38.6 Å². The summed E-state index contributed by atoms with van der Waals surface area (Å²) in [6.45, 7) is 0. The zero-order valence-corrected chi connectivity index (χ0v) is 15.3. The summed E-state index contributed by atoms with van der Waals surface area (Å²) in [4.78, 5) is 0.310. The maximum absolute atomic E-state index is 14.0. The first kappa shape index (κ1) is 19.0. The summed E-state index contributed by atoms with van der Waals surface area (Å²) >= 11 is 1.14. The molecule has 0 saturated heterocycles. The lowest BCUT2D eigenvalue weighted by Gasteiger charge is -2.19. The van der Waals surface area contributed by atoms with E-state index in [1.54, 1.807) is 11.4 Å². The molecular formula is C21H11F4NO2S. The molecule has 1 aromatic heterocycles. The monoisotopic (exact) mass is 417 g/mol. The van der Waals surface area contributed by atoms with Crippen molar-refractivity contribution >= 4 is 23.0 Å². The van der Waals surface area contributed by atoms with Gasteiger partial charge in [0.15, 0.2) is 11.6 Å². The Hall–Kier alpha value is -3.31. The molecule has 1 unspecified atom stereocenters. The second-order valence-electron chi connectivity index (χ2n) is 6.51. The first-order valence-electron chi connectivity index (χ1n) is 8.32. The predicted octanol–water partition coefficient (Wildman–Crippen LogP) is 5.87. The Morgan fingerprint density at radius 2 is 1.79 bits per heavy atom. The molecule has 29 heavy (non-hydrogen) atoms. The number of hydrogen-bond donors (Lipinski definition) is 2. The van der Waals surface area contributed by atoms with Crippen LogP contribution in [0, 0.1) is 17.1 Å². The van der Waals surface area contributed by atoms with Gasteiger partial charge in [-0.15, -0.1) is 11.3 Å². The Balaban J connectivity index is 2.02. The first-order chi connectivity index (χ1) is 13.7. The van der Waals surface area contributed by atoms with Crippen LogP contribution in [0.5, 0.6) is 11.5 Å². The van der Waals surface area contributed by atoms with Crippen molar-refractivity contribution in [2.75, 3.05) is 0 Å². The van der Waals surface area contributed by atoms with Gasteiger partial charge in [-0.1, -0.05) is 6.07 Å². The third-order valence-corrected chi connectivity index (χ3v) is 5.65. The molecule has 2 aromatic carbocycles. The molecule has 1 heterocycles. The number of halogens is 4. The Bertz CT molecular complexity index is 1200. The quantitative estimate of drug-likeness (QED) is 0.512. The van der Waals surface area contributed by atoms with Crippen LogP contribution in [0.2, 0.25) is 0 Å². The molecular weight excluding hydrogens is 406 g/mol. The number of hydrogen-bond acceptors (Lipinski definition) is 4. The Morgan fingerprint density at radius 3 is 2.45 bits per heavy atom. The van der Waals surface area contributed by atoms with E-state index in [1.807, 2.05) is 6.07 Å². The third kappa shape index (κ3) is 3.13.